The Labute approximate surface area is 166 Å². The van der Waals surface area contributed by atoms with E-state index < -0.39 is 14.8 Å². The van der Waals surface area contributed by atoms with Gasteiger partial charge in [-0.3, -0.25) is 20.2 Å². The van der Waals surface area contributed by atoms with Crippen LogP contribution in [0.4, 0.5) is 10.8 Å². The zero-order valence-electron chi connectivity index (χ0n) is 14.2. The summed E-state index contributed by atoms with van der Waals surface area (Å²) in [6, 6.07) is 10.6. The van der Waals surface area contributed by atoms with Crippen LogP contribution in [0.25, 0.3) is 20.3 Å². The largest absolute Gasteiger partial charge is 0.297 e. The van der Waals surface area contributed by atoms with Gasteiger partial charge in [-0.25, -0.2) is 13.4 Å². The molecule has 0 aliphatic carbocycles. The van der Waals surface area contributed by atoms with Gasteiger partial charge in [-0.05, 0) is 30.3 Å². The van der Waals surface area contributed by atoms with E-state index in [9.17, 15) is 23.3 Å². The molecule has 142 valence electrons. The molecule has 0 atom stereocenters. The lowest BCUT2D eigenvalue weighted by Gasteiger charge is -1.96. The second-order valence-corrected chi connectivity index (χ2v) is 10.1. The number of aromatic nitrogens is 1. The molecule has 0 saturated carbocycles. The summed E-state index contributed by atoms with van der Waals surface area (Å²) < 4.78 is 24.7. The van der Waals surface area contributed by atoms with Gasteiger partial charge < -0.3 is 0 Å². The van der Waals surface area contributed by atoms with Crippen molar-refractivity contribution in [1.82, 2.24) is 4.98 Å². The number of hydrogen-bond acceptors (Lipinski definition) is 8. The number of anilines is 1. The Morgan fingerprint density at radius 1 is 1.11 bits per heavy atom. The van der Waals surface area contributed by atoms with Gasteiger partial charge in [0, 0.05) is 28.5 Å². The van der Waals surface area contributed by atoms with Crippen molar-refractivity contribution in [3.05, 3.63) is 57.5 Å². The standard InChI is InChI=1S/C17H11N3O5S3/c1-28(24,25)11-3-4-12-14(8-11)27-17(18-12)19-16(21)15-7-9-6-10(20(22)23)2-5-13(9)26-15/h2-8H,1H3,(H,18,19,21). The van der Waals surface area contributed by atoms with Crippen LogP contribution in [0.3, 0.4) is 0 Å². The molecule has 28 heavy (non-hydrogen) atoms. The second kappa shape index (κ2) is 6.62. The summed E-state index contributed by atoms with van der Waals surface area (Å²) in [4.78, 5) is 27.8. The Kier molecular flexibility index (Phi) is 4.37. The van der Waals surface area contributed by atoms with E-state index in [1.54, 1.807) is 18.2 Å². The number of nitrogens with one attached hydrogen (secondary N) is 1. The molecular formula is C17H11N3O5S3. The van der Waals surface area contributed by atoms with Crippen LogP contribution in [0.1, 0.15) is 9.67 Å². The average Bonchev–Trinajstić information content (AvgIpc) is 3.22. The van der Waals surface area contributed by atoms with Crippen LogP contribution in [0, 0.1) is 10.1 Å². The molecule has 4 aromatic rings. The molecule has 0 aliphatic rings. The lowest BCUT2D eigenvalue weighted by atomic mass is 10.2. The molecule has 2 aromatic heterocycles. The van der Waals surface area contributed by atoms with Crippen molar-refractivity contribution in [3.63, 3.8) is 0 Å². The predicted molar refractivity (Wildman–Crippen MR) is 109 cm³/mol. The van der Waals surface area contributed by atoms with Crippen LogP contribution in [-0.2, 0) is 9.84 Å². The molecule has 0 bridgehead atoms. The minimum absolute atomic E-state index is 0.0369. The van der Waals surface area contributed by atoms with Crippen LogP contribution in [0.15, 0.2) is 47.4 Å². The molecule has 0 spiro atoms. The van der Waals surface area contributed by atoms with E-state index in [1.165, 1.54) is 46.9 Å². The van der Waals surface area contributed by atoms with Crippen molar-refractivity contribution < 1.29 is 18.1 Å². The Morgan fingerprint density at radius 2 is 1.89 bits per heavy atom. The zero-order chi connectivity index (χ0) is 20.1. The van der Waals surface area contributed by atoms with E-state index >= 15 is 0 Å². The molecule has 11 heteroatoms. The van der Waals surface area contributed by atoms with Crippen LogP contribution in [0.2, 0.25) is 0 Å². The van der Waals surface area contributed by atoms with Gasteiger partial charge >= 0.3 is 0 Å². The fourth-order valence-electron chi connectivity index (χ4n) is 2.60. The van der Waals surface area contributed by atoms with Crippen LogP contribution < -0.4 is 5.32 Å². The van der Waals surface area contributed by atoms with E-state index in [0.717, 1.165) is 11.0 Å². The van der Waals surface area contributed by atoms with Gasteiger partial charge in [0.15, 0.2) is 15.0 Å². The highest BCUT2D eigenvalue weighted by Gasteiger charge is 2.16. The number of carbonyl (C=O) groups excluding carboxylic acids is 1. The molecule has 0 fully saturated rings. The van der Waals surface area contributed by atoms with Crippen molar-refractivity contribution in [1.29, 1.82) is 0 Å². The van der Waals surface area contributed by atoms with E-state index in [2.05, 4.69) is 10.3 Å². The highest BCUT2D eigenvalue weighted by Crippen LogP contribution is 2.31. The number of amides is 1. The normalized spacial score (nSPS) is 11.8. The number of benzene rings is 2. The molecule has 2 aromatic carbocycles. The third-order valence-corrected chi connectivity index (χ3v) is 7.10. The summed E-state index contributed by atoms with van der Waals surface area (Å²) in [5, 5.41) is 14.5. The molecule has 0 unspecified atom stereocenters. The molecule has 4 rings (SSSR count). The number of thiophene rings is 1. The maximum Gasteiger partial charge on any atom is 0.270 e. The summed E-state index contributed by atoms with van der Waals surface area (Å²) in [7, 11) is -3.33. The van der Waals surface area contributed by atoms with Crippen LogP contribution in [-0.4, -0.2) is 30.5 Å². The number of nitrogens with zero attached hydrogens (tertiary/aromatic N) is 2. The summed E-state index contributed by atoms with van der Waals surface area (Å²) >= 11 is 2.39. The van der Waals surface area contributed by atoms with Gasteiger partial charge in [0.1, 0.15) is 0 Å². The van der Waals surface area contributed by atoms with Crippen molar-refractivity contribution in [2.24, 2.45) is 0 Å². The van der Waals surface area contributed by atoms with Gasteiger partial charge in [0.05, 0.1) is 24.9 Å². The molecule has 8 nitrogen and oxygen atoms in total. The Hall–Kier alpha value is -2.89. The number of carbonyl (C=O) groups is 1. The predicted octanol–water partition coefficient (Wildman–Crippen LogP) is 4.08. The monoisotopic (exact) mass is 433 g/mol. The number of thiazole rings is 1. The first kappa shape index (κ1) is 18.5. The minimum atomic E-state index is -3.33. The van der Waals surface area contributed by atoms with E-state index in [0.29, 0.717) is 25.6 Å². The molecule has 1 N–H and O–H groups in total. The highest BCUT2D eigenvalue weighted by atomic mass is 32.2. The van der Waals surface area contributed by atoms with Gasteiger partial charge in [-0.2, -0.15) is 0 Å². The lowest BCUT2D eigenvalue weighted by molar-refractivity contribution is -0.384. The fraction of sp³-hybridized carbons (Fsp3) is 0.0588. The van der Waals surface area contributed by atoms with Gasteiger partial charge in [-0.1, -0.05) is 11.3 Å². The minimum Gasteiger partial charge on any atom is -0.297 e. The van der Waals surface area contributed by atoms with E-state index in [-0.39, 0.29) is 16.5 Å². The van der Waals surface area contributed by atoms with E-state index in [1.807, 2.05) is 0 Å². The number of rotatable bonds is 4. The van der Waals surface area contributed by atoms with Crippen molar-refractivity contribution in [3.8, 4) is 0 Å². The number of hydrogen-bond donors (Lipinski definition) is 1. The topological polar surface area (TPSA) is 119 Å². The number of fused-ring (bicyclic) bond motifs is 2. The van der Waals surface area contributed by atoms with Gasteiger partial charge in [0.25, 0.3) is 11.6 Å². The first-order valence-corrected chi connectivity index (χ1v) is 11.3. The second-order valence-electron chi connectivity index (χ2n) is 5.96. The van der Waals surface area contributed by atoms with E-state index in [4.69, 9.17) is 0 Å². The third kappa shape index (κ3) is 3.46. The molecule has 0 saturated heterocycles. The maximum atomic E-state index is 12.5. The van der Waals surface area contributed by atoms with Gasteiger partial charge in [0.2, 0.25) is 0 Å². The Balaban J connectivity index is 1.62. The quantitative estimate of drug-likeness (QED) is 0.383. The molecule has 1 amide bonds. The molecule has 2 heterocycles. The van der Waals surface area contributed by atoms with Crippen LogP contribution >= 0.6 is 22.7 Å². The van der Waals surface area contributed by atoms with Crippen molar-refractivity contribution >= 4 is 69.5 Å². The van der Waals surface area contributed by atoms with Crippen LogP contribution in [0.5, 0.6) is 0 Å². The van der Waals surface area contributed by atoms with Crippen molar-refractivity contribution in [2.45, 2.75) is 4.90 Å². The first-order valence-electron chi connectivity index (χ1n) is 7.81. The number of nitro groups is 1. The SMILES string of the molecule is CS(=O)(=O)c1ccc2nc(NC(=O)c3cc4cc([N+](=O)[O-])ccc4s3)sc2c1. The average molecular weight is 433 g/mol. The lowest BCUT2D eigenvalue weighted by Crippen LogP contribution is -2.09. The summed E-state index contributed by atoms with van der Waals surface area (Å²) in [6.07, 6.45) is 1.13. The number of non-ortho nitro benzene ring substituents is 1. The number of nitro benzene ring substituents is 1. The maximum absolute atomic E-state index is 12.5. The van der Waals surface area contributed by atoms with Crippen molar-refractivity contribution in [2.75, 3.05) is 11.6 Å². The molecule has 0 radical (unpaired) electrons. The summed E-state index contributed by atoms with van der Waals surface area (Å²) in [6.45, 7) is 0. The molecule has 0 aliphatic heterocycles. The molecular weight excluding hydrogens is 422 g/mol. The first-order chi connectivity index (χ1) is 13.2. The fourth-order valence-corrected chi connectivity index (χ4v) is 5.16. The van der Waals surface area contributed by atoms with Gasteiger partial charge in [-0.15, -0.1) is 11.3 Å². The third-order valence-electron chi connectivity index (χ3n) is 3.94. The summed E-state index contributed by atoms with van der Waals surface area (Å²) in [5.41, 5.74) is 0.546. The Bertz CT molecular complexity index is 1370. The number of sulfone groups is 1. The Morgan fingerprint density at radius 3 is 2.61 bits per heavy atom. The summed E-state index contributed by atoms with van der Waals surface area (Å²) in [5.74, 6) is -0.383. The highest BCUT2D eigenvalue weighted by molar-refractivity contribution is 7.90. The zero-order valence-corrected chi connectivity index (χ0v) is 16.7. The smallest absolute Gasteiger partial charge is 0.270 e.